The summed E-state index contributed by atoms with van der Waals surface area (Å²) in [6, 6.07) is 17.6. The lowest BCUT2D eigenvalue weighted by molar-refractivity contribution is -0.145. The molecule has 1 aliphatic rings. The van der Waals surface area contributed by atoms with Gasteiger partial charge in [-0.2, -0.15) is 0 Å². The summed E-state index contributed by atoms with van der Waals surface area (Å²) in [5.74, 6) is -1.45. The average molecular weight is 548 g/mol. The molecule has 0 unspecified atom stereocenters. The van der Waals surface area contributed by atoms with Crippen molar-refractivity contribution in [3.05, 3.63) is 76.4 Å². The number of carbonyl (C=O) groups excluding carboxylic acids is 1. The molecule has 0 atom stereocenters. The van der Waals surface area contributed by atoms with E-state index in [1.54, 1.807) is 6.07 Å². The minimum Gasteiger partial charge on any atom is -0.480 e. The molecule has 0 radical (unpaired) electrons. The lowest BCUT2D eigenvalue weighted by Crippen LogP contribution is -2.55. The van der Waals surface area contributed by atoms with Gasteiger partial charge in [0, 0.05) is 16.1 Å². The Morgan fingerprint density at radius 1 is 1.00 bits per heavy atom. The first-order chi connectivity index (χ1) is 18.7. The van der Waals surface area contributed by atoms with Gasteiger partial charge in [0.2, 0.25) is 0 Å². The van der Waals surface area contributed by atoms with E-state index in [-0.39, 0.29) is 5.69 Å². The van der Waals surface area contributed by atoms with Crippen LogP contribution in [0.15, 0.2) is 54.6 Å². The van der Waals surface area contributed by atoms with Crippen molar-refractivity contribution in [2.45, 2.75) is 63.8 Å². The highest BCUT2D eigenvalue weighted by Gasteiger charge is 2.41. The molecule has 1 saturated carbocycles. The minimum absolute atomic E-state index is 0.205. The zero-order valence-electron chi connectivity index (χ0n) is 23.1. The standard InChI is InChI=1S/C32H38ClN3O3/c1-22-11-5-6-13-25(22)26-15-17-28(30(37)35-32(31(38)39)18-8-4-9-19-32)34-29(26)24-14-16-27(33)23(21-24)12-7-10-20-36(2)3/h5-6,11,13-17,21H,4,7-10,12,18-20H2,1-3H3,(H,35,37)(H,38,39). The fourth-order valence-corrected chi connectivity index (χ4v) is 5.60. The van der Waals surface area contributed by atoms with E-state index in [2.05, 4.69) is 49.4 Å². The summed E-state index contributed by atoms with van der Waals surface area (Å²) in [6.07, 6.45) is 6.32. The third-order valence-electron chi connectivity index (χ3n) is 7.65. The van der Waals surface area contributed by atoms with Crippen molar-refractivity contribution in [3.63, 3.8) is 0 Å². The highest BCUT2D eigenvalue weighted by molar-refractivity contribution is 6.31. The number of aromatic nitrogens is 1. The molecule has 1 amide bonds. The number of pyridine rings is 1. The van der Waals surface area contributed by atoms with Gasteiger partial charge in [-0.1, -0.05) is 61.2 Å². The van der Waals surface area contributed by atoms with Crippen LogP contribution in [-0.4, -0.2) is 53.0 Å². The number of hydrogen-bond donors (Lipinski definition) is 2. The predicted octanol–water partition coefficient (Wildman–Crippen LogP) is 6.78. The van der Waals surface area contributed by atoms with Crippen LogP contribution in [0.25, 0.3) is 22.4 Å². The van der Waals surface area contributed by atoms with Crippen LogP contribution < -0.4 is 5.32 Å². The van der Waals surface area contributed by atoms with Gasteiger partial charge in [-0.25, -0.2) is 9.78 Å². The number of aliphatic carboxylic acids is 1. The molecular weight excluding hydrogens is 510 g/mol. The topological polar surface area (TPSA) is 82.5 Å². The number of amides is 1. The van der Waals surface area contributed by atoms with Gasteiger partial charge in [0.05, 0.1) is 5.69 Å². The third-order valence-corrected chi connectivity index (χ3v) is 8.02. The Labute approximate surface area is 236 Å². The van der Waals surface area contributed by atoms with Crippen molar-refractivity contribution in [2.24, 2.45) is 0 Å². The Bertz CT molecular complexity index is 1330. The monoisotopic (exact) mass is 547 g/mol. The third kappa shape index (κ3) is 6.87. The molecule has 3 aromatic rings. The molecule has 1 aliphatic carbocycles. The summed E-state index contributed by atoms with van der Waals surface area (Å²) >= 11 is 6.59. The Balaban J connectivity index is 1.73. The summed E-state index contributed by atoms with van der Waals surface area (Å²) in [6.45, 7) is 3.07. The lowest BCUT2D eigenvalue weighted by atomic mass is 9.81. The quantitative estimate of drug-likeness (QED) is 0.273. The average Bonchev–Trinajstić information content (AvgIpc) is 2.92. The van der Waals surface area contributed by atoms with E-state index in [4.69, 9.17) is 16.6 Å². The van der Waals surface area contributed by atoms with Gasteiger partial charge in [0.25, 0.3) is 5.91 Å². The van der Waals surface area contributed by atoms with Crippen LogP contribution in [0.3, 0.4) is 0 Å². The summed E-state index contributed by atoms with van der Waals surface area (Å²) in [4.78, 5) is 32.6. The number of benzene rings is 2. The van der Waals surface area contributed by atoms with Crippen LogP contribution in [0.4, 0.5) is 0 Å². The van der Waals surface area contributed by atoms with E-state index in [0.29, 0.717) is 18.5 Å². The van der Waals surface area contributed by atoms with Crippen LogP contribution >= 0.6 is 11.6 Å². The second-order valence-electron chi connectivity index (χ2n) is 10.9. The number of carboxylic acids is 1. The van der Waals surface area contributed by atoms with Crippen LogP contribution in [0.2, 0.25) is 5.02 Å². The maximum absolute atomic E-state index is 13.4. The van der Waals surface area contributed by atoms with Crippen molar-refractivity contribution in [1.82, 2.24) is 15.2 Å². The normalized spacial score (nSPS) is 14.8. The molecule has 0 aliphatic heterocycles. The molecule has 6 nitrogen and oxygen atoms in total. The fourth-order valence-electron chi connectivity index (χ4n) is 5.38. The molecule has 4 rings (SSSR count). The first-order valence-electron chi connectivity index (χ1n) is 13.8. The number of carboxylic acid groups (broad SMARTS) is 1. The zero-order valence-corrected chi connectivity index (χ0v) is 23.9. The Kier molecular flexibility index (Phi) is 9.41. The van der Waals surface area contributed by atoms with Gasteiger partial charge in [-0.05, 0) is 101 Å². The molecule has 7 heteroatoms. The van der Waals surface area contributed by atoms with Gasteiger partial charge in [0.15, 0.2) is 0 Å². The summed E-state index contributed by atoms with van der Waals surface area (Å²) in [7, 11) is 4.14. The first kappa shape index (κ1) is 28.8. The smallest absolute Gasteiger partial charge is 0.329 e. The van der Waals surface area contributed by atoms with Gasteiger partial charge >= 0.3 is 5.97 Å². The molecule has 0 bridgehead atoms. The number of halogens is 1. The van der Waals surface area contributed by atoms with Gasteiger partial charge in [0.1, 0.15) is 11.2 Å². The number of carbonyl (C=O) groups is 2. The summed E-state index contributed by atoms with van der Waals surface area (Å²) in [5, 5.41) is 13.5. The van der Waals surface area contributed by atoms with Crippen molar-refractivity contribution >= 4 is 23.5 Å². The number of nitrogens with one attached hydrogen (secondary N) is 1. The molecule has 1 aromatic heterocycles. The van der Waals surface area contributed by atoms with Crippen molar-refractivity contribution < 1.29 is 14.7 Å². The molecule has 206 valence electrons. The second kappa shape index (κ2) is 12.8. The predicted molar refractivity (Wildman–Crippen MR) is 157 cm³/mol. The highest BCUT2D eigenvalue weighted by Crippen LogP contribution is 2.35. The summed E-state index contributed by atoms with van der Waals surface area (Å²) < 4.78 is 0. The van der Waals surface area contributed by atoms with Crippen LogP contribution in [0, 0.1) is 6.92 Å². The zero-order chi connectivity index (χ0) is 28.0. The van der Waals surface area contributed by atoms with E-state index >= 15 is 0 Å². The van der Waals surface area contributed by atoms with Crippen molar-refractivity contribution in [1.29, 1.82) is 0 Å². The number of nitrogens with zero attached hydrogens (tertiary/aromatic N) is 2. The first-order valence-corrected chi connectivity index (χ1v) is 14.1. The van der Waals surface area contributed by atoms with Gasteiger partial charge in [-0.15, -0.1) is 0 Å². The molecule has 0 spiro atoms. The maximum Gasteiger partial charge on any atom is 0.329 e. The lowest BCUT2D eigenvalue weighted by Gasteiger charge is -2.33. The van der Waals surface area contributed by atoms with E-state index in [0.717, 1.165) is 77.9 Å². The SMILES string of the molecule is Cc1ccccc1-c1ccc(C(=O)NC2(C(=O)O)CCCCC2)nc1-c1ccc(Cl)c(CCCCN(C)C)c1. The highest BCUT2D eigenvalue weighted by atomic mass is 35.5. The fraction of sp³-hybridized carbons (Fsp3) is 0.406. The number of unbranched alkanes of at least 4 members (excludes halogenated alkanes) is 1. The van der Waals surface area contributed by atoms with Crippen LogP contribution in [-0.2, 0) is 11.2 Å². The minimum atomic E-state index is -1.24. The van der Waals surface area contributed by atoms with Crippen molar-refractivity contribution in [3.8, 4) is 22.4 Å². The molecule has 2 N–H and O–H groups in total. The molecule has 0 saturated heterocycles. The Morgan fingerprint density at radius 2 is 1.74 bits per heavy atom. The van der Waals surface area contributed by atoms with E-state index in [1.807, 2.05) is 30.3 Å². The molecule has 1 fully saturated rings. The largest absolute Gasteiger partial charge is 0.480 e. The van der Waals surface area contributed by atoms with E-state index in [9.17, 15) is 14.7 Å². The van der Waals surface area contributed by atoms with Gasteiger partial charge in [-0.3, -0.25) is 4.79 Å². The Morgan fingerprint density at radius 3 is 2.44 bits per heavy atom. The molecule has 2 aromatic carbocycles. The summed E-state index contributed by atoms with van der Waals surface area (Å²) in [5.41, 5.74) is 4.61. The molecular formula is C32H38ClN3O3. The molecule has 39 heavy (non-hydrogen) atoms. The second-order valence-corrected chi connectivity index (χ2v) is 11.3. The molecule has 1 heterocycles. The van der Waals surface area contributed by atoms with E-state index < -0.39 is 17.4 Å². The van der Waals surface area contributed by atoms with Gasteiger partial charge < -0.3 is 15.3 Å². The number of hydrogen-bond acceptors (Lipinski definition) is 4. The number of rotatable bonds is 10. The van der Waals surface area contributed by atoms with Crippen LogP contribution in [0.5, 0.6) is 0 Å². The van der Waals surface area contributed by atoms with Crippen molar-refractivity contribution in [2.75, 3.05) is 20.6 Å². The number of aryl methyl sites for hydroxylation is 2. The van der Waals surface area contributed by atoms with Crippen LogP contribution in [0.1, 0.15) is 66.6 Å². The Hall–Kier alpha value is -3.22. The maximum atomic E-state index is 13.4. The van der Waals surface area contributed by atoms with E-state index in [1.165, 1.54) is 0 Å².